The molecule has 0 rings (SSSR count). The summed E-state index contributed by atoms with van der Waals surface area (Å²) in [6.07, 6.45) is 14.0. The van der Waals surface area contributed by atoms with E-state index in [0.29, 0.717) is 0 Å². The molecule has 17 heavy (non-hydrogen) atoms. The van der Waals surface area contributed by atoms with E-state index in [4.69, 9.17) is 4.74 Å². The topological polar surface area (TPSA) is 9.23 Å². The van der Waals surface area contributed by atoms with E-state index in [2.05, 4.69) is 13.8 Å². The quantitative estimate of drug-likeness (QED) is 0.321. The molecule has 0 aliphatic rings. The van der Waals surface area contributed by atoms with E-state index in [1.165, 1.54) is 64.2 Å². The van der Waals surface area contributed by atoms with Gasteiger partial charge in [-0.25, -0.2) is 0 Å². The Balaban J connectivity index is -0.000000327. The second-order valence-electron chi connectivity index (χ2n) is 4.38. The van der Waals surface area contributed by atoms with Gasteiger partial charge in [-0.2, -0.15) is 0 Å². The summed E-state index contributed by atoms with van der Waals surface area (Å²) in [4.78, 5) is 0. The molecular formula is C14H33NaOPo. The van der Waals surface area contributed by atoms with Crippen LogP contribution in [0.25, 0.3) is 0 Å². The van der Waals surface area contributed by atoms with Gasteiger partial charge in [0.1, 0.15) is 0 Å². The van der Waals surface area contributed by atoms with Crippen LogP contribution < -0.4 is 29.6 Å². The average Bonchev–Trinajstić information content (AvgIpc) is 2.26. The molecule has 0 radical (unpaired) electrons. The molecule has 0 unspecified atom stereocenters. The molecule has 0 aromatic heterocycles. The Labute approximate surface area is 152 Å². The molecule has 0 atom stereocenters. The third-order valence-corrected chi connectivity index (χ3v) is 2.85. The summed E-state index contributed by atoms with van der Waals surface area (Å²) in [7, 11) is 0. The molecule has 0 aliphatic carbocycles. The van der Waals surface area contributed by atoms with Gasteiger partial charge in [0, 0.05) is 13.2 Å². The van der Waals surface area contributed by atoms with Crippen molar-refractivity contribution in [2.75, 3.05) is 13.2 Å². The second kappa shape index (κ2) is 23.0. The molecule has 0 aromatic rings. The maximum atomic E-state index is 5.31. The SMILES string of the molecule is CCCCCCCCCCCCOCC.[H-].[Na+].[PoH2]. The van der Waals surface area contributed by atoms with Crippen LogP contribution >= 0.6 is 0 Å². The molecule has 0 saturated heterocycles. The molecule has 0 N–H and O–H groups in total. The first-order valence-corrected chi connectivity index (χ1v) is 6.99. The van der Waals surface area contributed by atoms with Crippen molar-refractivity contribution in [3.8, 4) is 0 Å². The fourth-order valence-electron chi connectivity index (χ4n) is 1.84. The van der Waals surface area contributed by atoms with Gasteiger partial charge >= 0.3 is 56.1 Å². The summed E-state index contributed by atoms with van der Waals surface area (Å²) in [5, 5.41) is 0. The molecular weight excluding hydrogens is 416 g/mol. The molecule has 3 heteroatoms. The van der Waals surface area contributed by atoms with Crippen LogP contribution in [0, 0.1) is 0 Å². The average molecular weight is 449 g/mol. The van der Waals surface area contributed by atoms with Crippen LogP contribution in [0.2, 0.25) is 0 Å². The molecule has 1 nitrogen and oxygen atoms in total. The van der Waals surface area contributed by atoms with Gasteiger partial charge in [-0.05, 0) is 13.3 Å². The predicted molar refractivity (Wildman–Crippen MR) is 78.0 cm³/mol. The standard InChI is InChI=1S/C14H30O.Na.Po.3H/c1-3-5-6-7-8-9-10-11-12-13-14-15-4-2;;;;;/h3-14H2,1-2H3;;;;;/q;+1;;;;-1. The van der Waals surface area contributed by atoms with E-state index in [1.54, 1.807) is 0 Å². The van der Waals surface area contributed by atoms with Crippen molar-refractivity contribution in [3.63, 3.8) is 0 Å². The Bertz CT molecular complexity index is 106. The molecule has 0 aliphatic heterocycles. The molecule has 102 valence electrons. The van der Waals surface area contributed by atoms with Gasteiger partial charge in [0.2, 0.25) is 0 Å². The number of hydrogen-bond acceptors (Lipinski definition) is 1. The summed E-state index contributed by atoms with van der Waals surface area (Å²) in [6, 6.07) is 0. The number of unbranched alkanes of at least 4 members (excludes halogenated alkanes) is 9. The van der Waals surface area contributed by atoms with Crippen molar-refractivity contribution in [1.29, 1.82) is 0 Å². The van der Waals surface area contributed by atoms with Crippen molar-refractivity contribution in [2.24, 2.45) is 0 Å². The minimum atomic E-state index is 0. The first kappa shape index (κ1) is 23.9. The zero-order valence-corrected chi connectivity index (χ0v) is 18.3. The molecule has 0 bridgehead atoms. The fraction of sp³-hybridized carbons (Fsp3) is 1.00. The van der Waals surface area contributed by atoms with Crippen LogP contribution in [-0.4, -0.2) is 39.8 Å². The van der Waals surface area contributed by atoms with E-state index < -0.39 is 0 Å². The second-order valence-corrected chi connectivity index (χ2v) is 4.38. The molecule has 0 heterocycles. The van der Waals surface area contributed by atoms with Crippen LogP contribution in [0.15, 0.2) is 0 Å². The van der Waals surface area contributed by atoms with Crippen LogP contribution in [0.4, 0.5) is 0 Å². The number of ether oxygens (including phenoxy) is 1. The molecule has 0 fully saturated rings. The Kier molecular flexibility index (Phi) is 32.3. The van der Waals surface area contributed by atoms with Crippen LogP contribution in [0.3, 0.4) is 0 Å². The molecule has 0 spiro atoms. The van der Waals surface area contributed by atoms with Crippen molar-refractivity contribution >= 4 is 26.6 Å². The van der Waals surface area contributed by atoms with Crippen molar-refractivity contribution in [3.05, 3.63) is 0 Å². The normalized spacial score (nSPS) is 9.53. The van der Waals surface area contributed by atoms with E-state index in [1.807, 2.05) is 0 Å². The third kappa shape index (κ3) is 23.4. The summed E-state index contributed by atoms with van der Waals surface area (Å²) in [5.41, 5.74) is 0. The van der Waals surface area contributed by atoms with Gasteiger partial charge in [0.05, 0.1) is 0 Å². The molecule has 0 amide bonds. The van der Waals surface area contributed by atoms with E-state index in [0.717, 1.165) is 13.2 Å². The van der Waals surface area contributed by atoms with Crippen LogP contribution in [0.1, 0.15) is 79.5 Å². The summed E-state index contributed by atoms with van der Waals surface area (Å²) >= 11 is 0. The van der Waals surface area contributed by atoms with Gasteiger partial charge in [0.25, 0.3) is 0 Å². The zero-order valence-electron chi connectivity index (χ0n) is 13.4. The van der Waals surface area contributed by atoms with E-state index >= 15 is 0 Å². The van der Waals surface area contributed by atoms with Gasteiger partial charge in [-0.3, -0.25) is 0 Å². The molecule has 0 saturated carbocycles. The Morgan fingerprint density at radius 1 is 0.706 bits per heavy atom. The van der Waals surface area contributed by atoms with Crippen LogP contribution in [-0.2, 0) is 4.74 Å². The summed E-state index contributed by atoms with van der Waals surface area (Å²) < 4.78 is 5.31. The first-order chi connectivity index (χ1) is 7.41. The van der Waals surface area contributed by atoms with Gasteiger partial charge in [-0.1, -0.05) is 64.7 Å². The Morgan fingerprint density at radius 2 is 1.12 bits per heavy atom. The fourth-order valence-corrected chi connectivity index (χ4v) is 1.84. The third-order valence-electron chi connectivity index (χ3n) is 2.85. The van der Waals surface area contributed by atoms with Crippen molar-refractivity contribution < 1.29 is 35.7 Å². The minimum absolute atomic E-state index is 0. The predicted octanol–water partition coefficient (Wildman–Crippen LogP) is 1.14. The van der Waals surface area contributed by atoms with Crippen LogP contribution in [0.5, 0.6) is 0 Å². The zero-order chi connectivity index (χ0) is 11.2. The van der Waals surface area contributed by atoms with Crippen molar-refractivity contribution in [2.45, 2.75) is 78.1 Å². The maximum absolute atomic E-state index is 5.31. The van der Waals surface area contributed by atoms with Crippen molar-refractivity contribution in [1.82, 2.24) is 0 Å². The Morgan fingerprint density at radius 3 is 1.53 bits per heavy atom. The van der Waals surface area contributed by atoms with Gasteiger partial charge in [-0.15, -0.1) is 0 Å². The monoisotopic (exact) mass is 449 g/mol. The summed E-state index contributed by atoms with van der Waals surface area (Å²) in [6.45, 7) is 6.18. The first-order valence-electron chi connectivity index (χ1n) is 6.99. The van der Waals surface area contributed by atoms with Gasteiger partial charge < -0.3 is 6.16 Å². The summed E-state index contributed by atoms with van der Waals surface area (Å²) in [5.74, 6) is 0. The van der Waals surface area contributed by atoms with E-state index in [9.17, 15) is 0 Å². The number of hydrogen-bond donors (Lipinski definition) is 0. The molecule has 0 aromatic carbocycles. The number of rotatable bonds is 12. The van der Waals surface area contributed by atoms with E-state index in [-0.39, 0.29) is 57.5 Å². The van der Waals surface area contributed by atoms with Gasteiger partial charge in [0.15, 0.2) is 0 Å². The Hall–Kier alpha value is 1.86.